The number of benzene rings is 1. The van der Waals surface area contributed by atoms with Gasteiger partial charge in [-0.15, -0.1) is 0 Å². The molecule has 0 fully saturated rings. The molecular formula is C12H8F2N2O3. The number of halogens is 2. The molecule has 0 bridgehead atoms. The number of hydrogen-bond acceptors (Lipinski definition) is 5. The molecule has 0 atom stereocenters. The molecule has 1 aromatic carbocycles. The fourth-order valence-corrected chi connectivity index (χ4v) is 1.24. The van der Waals surface area contributed by atoms with Gasteiger partial charge in [0.05, 0.1) is 19.5 Å². The first-order valence-corrected chi connectivity index (χ1v) is 5.13. The molecule has 0 saturated carbocycles. The van der Waals surface area contributed by atoms with Crippen molar-refractivity contribution < 1.29 is 23.0 Å². The van der Waals surface area contributed by atoms with E-state index in [2.05, 4.69) is 14.7 Å². The zero-order chi connectivity index (χ0) is 13.8. The van der Waals surface area contributed by atoms with Crippen LogP contribution in [0.5, 0.6) is 11.6 Å². The summed E-state index contributed by atoms with van der Waals surface area (Å²) < 4.78 is 35.3. The van der Waals surface area contributed by atoms with Crippen LogP contribution in [0.15, 0.2) is 30.6 Å². The van der Waals surface area contributed by atoms with E-state index in [1.54, 1.807) is 0 Å². The largest absolute Gasteiger partial charge is 0.464 e. The number of ether oxygens (including phenoxy) is 2. The molecule has 2 aromatic rings. The summed E-state index contributed by atoms with van der Waals surface area (Å²) in [4.78, 5) is 18.7. The molecule has 1 heterocycles. The Kier molecular flexibility index (Phi) is 3.65. The van der Waals surface area contributed by atoms with Crippen LogP contribution < -0.4 is 4.74 Å². The van der Waals surface area contributed by atoms with Gasteiger partial charge in [-0.05, 0) is 12.1 Å². The highest BCUT2D eigenvalue weighted by Gasteiger charge is 2.09. The van der Waals surface area contributed by atoms with Crippen LogP contribution in [0, 0.1) is 11.6 Å². The van der Waals surface area contributed by atoms with Gasteiger partial charge in [-0.3, -0.25) is 0 Å². The predicted octanol–water partition coefficient (Wildman–Crippen LogP) is 2.33. The van der Waals surface area contributed by atoms with Crippen molar-refractivity contribution in [1.82, 2.24) is 9.97 Å². The van der Waals surface area contributed by atoms with Crippen LogP contribution in [0.25, 0.3) is 0 Å². The van der Waals surface area contributed by atoms with Crippen LogP contribution in [-0.4, -0.2) is 23.0 Å². The van der Waals surface area contributed by atoms with Crippen molar-refractivity contribution in [1.29, 1.82) is 0 Å². The lowest BCUT2D eigenvalue weighted by Crippen LogP contribution is -2.04. The minimum absolute atomic E-state index is 0.0140. The molecule has 5 nitrogen and oxygen atoms in total. The Hall–Kier alpha value is -2.57. The quantitative estimate of drug-likeness (QED) is 0.798. The number of carbonyl (C=O) groups excluding carboxylic acids is 1. The number of carbonyl (C=O) groups is 1. The molecule has 0 unspecified atom stereocenters. The second-order valence-electron chi connectivity index (χ2n) is 3.41. The number of rotatable bonds is 3. The smallest absolute Gasteiger partial charge is 0.358 e. The summed E-state index contributed by atoms with van der Waals surface area (Å²) in [7, 11) is 1.22. The lowest BCUT2D eigenvalue weighted by Gasteiger charge is -2.05. The van der Waals surface area contributed by atoms with Crippen molar-refractivity contribution in [3.05, 3.63) is 47.9 Å². The Bertz CT molecular complexity index is 602. The van der Waals surface area contributed by atoms with Crippen molar-refractivity contribution >= 4 is 5.97 Å². The summed E-state index contributed by atoms with van der Waals surface area (Å²) >= 11 is 0. The second kappa shape index (κ2) is 5.38. The first kappa shape index (κ1) is 12.9. The fraction of sp³-hybridized carbons (Fsp3) is 0.0833. The van der Waals surface area contributed by atoms with Gasteiger partial charge in [0.1, 0.15) is 5.75 Å². The third-order valence-corrected chi connectivity index (χ3v) is 2.14. The maximum absolute atomic E-state index is 12.9. The van der Waals surface area contributed by atoms with E-state index >= 15 is 0 Å². The first-order chi connectivity index (χ1) is 9.10. The van der Waals surface area contributed by atoms with Gasteiger partial charge >= 0.3 is 5.97 Å². The Morgan fingerprint density at radius 1 is 1.16 bits per heavy atom. The molecule has 0 aliphatic heterocycles. The van der Waals surface area contributed by atoms with E-state index in [0.717, 1.165) is 18.3 Å². The molecule has 0 radical (unpaired) electrons. The lowest BCUT2D eigenvalue weighted by molar-refractivity contribution is 0.0593. The maximum atomic E-state index is 12.9. The third kappa shape index (κ3) is 3.01. The molecule has 2 rings (SSSR count). The highest BCUT2D eigenvalue weighted by molar-refractivity contribution is 5.86. The van der Waals surface area contributed by atoms with Crippen molar-refractivity contribution in [3.63, 3.8) is 0 Å². The van der Waals surface area contributed by atoms with Crippen LogP contribution >= 0.6 is 0 Å². The summed E-state index contributed by atoms with van der Waals surface area (Å²) in [5.74, 6) is -2.53. The van der Waals surface area contributed by atoms with E-state index in [1.807, 2.05) is 0 Å². The summed E-state index contributed by atoms with van der Waals surface area (Å²) in [6.07, 6.45) is 2.33. The van der Waals surface area contributed by atoms with Crippen LogP contribution in [-0.2, 0) is 4.74 Å². The van der Waals surface area contributed by atoms with E-state index in [-0.39, 0.29) is 17.3 Å². The van der Waals surface area contributed by atoms with E-state index in [4.69, 9.17) is 4.74 Å². The molecule has 98 valence electrons. The monoisotopic (exact) mass is 266 g/mol. The predicted molar refractivity (Wildman–Crippen MR) is 59.8 cm³/mol. The summed E-state index contributed by atoms with van der Waals surface area (Å²) in [6, 6.07) is 3.06. The highest BCUT2D eigenvalue weighted by atomic mass is 19.2. The van der Waals surface area contributed by atoms with E-state index < -0.39 is 17.6 Å². The zero-order valence-electron chi connectivity index (χ0n) is 9.76. The number of aromatic nitrogens is 2. The number of nitrogens with zero attached hydrogens (tertiary/aromatic N) is 2. The SMILES string of the molecule is COC(=O)c1cnc(Oc2ccc(F)c(F)c2)cn1. The topological polar surface area (TPSA) is 61.3 Å². The Morgan fingerprint density at radius 2 is 1.95 bits per heavy atom. The molecule has 0 aliphatic rings. The second-order valence-corrected chi connectivity index (χ2v) is 3.41. The Morgan fingerprint density at radius 3 is 2.53 bits per heavy atom. The van der Waals surface area contributed by atoms with Gasteiger partial charge in [0.25, 0.3) is 0 Å². The average molecular weight is 266 g/mol. The van der Waals surface area contributed by atoms with Crippen molar-refractivity contribution in [3.8, 4) is 11.6 Å². The first-order valence-electron chi connectivity index (χ1n) is 5.13. The third-order valence-electron chi connectivity index (χ3n) is 2.14. The van der Waals surface area contributed by atoms with Gasteiger partial charge in [-0.2, -0.15) is 0 Å². The molecule has 0 saturated heterocycles. The molecule has 19 heavy (non-hydrogen) atoms. The van der Waals surface area contributed by atoms with Gasteiger partial charge in [-0.25, -0.2) is 23.5 Å². The minimum atomic E-state index is -1.03. The zero-order valence-corrected chi connectivity index (χ0v) is 9.76. The molecule has 0 amide bonds. The van der Waals surface area contributed by atoms with Gasteiger partial charge < -0.3 is 9.47 Å². The molecular weight excluding hydrogens is 258 g/mol. The summed E-state index contributed by atoms with van der Waals surface area (Å²) in [5, 5.41) is 0. The highest BCUT2D eigenvalue weighted by Crippen LogP contribution is 2.20. The summed E-state index contributed by atoms with van der Waals surface area (Å²) in [6.45, 7) is 0. The fourth-order valence-electron chi connectivity index (χ4n) is 1.24. The number of hydrogen-bond donors (Lipinski definition) is 0. The van der Waals surface area contributed by atoms with Crippen molar-refractivity contribution in [2.24, 2.45) is 0 Å². The standard InChI is InChI=1S/C12H8F2N2O3/c1-18-12(17)10-5-16-11(6-15-10)19-7-2-3-8(13)9(14)4-7/h2-6H,1H3. The van der Waals surface area contributed by atoms with E-state index in [0.29, 0.717) is 0 Å². The van der Waals surface area contributed by atoms with Crippen LogP contribution in [0.1, 0.15) is 10.5 Å². The van der Waals surface area contributed by atoms with Gasteiger partial charge in [0.15, 0.2) is 17.3 Å². The van der Waals surface area contributed by atoms with E-state index in [9.17, 15) is 13.6 Å². The normalized spacial score (nSPS) is 10.1. The van der Waals surface area contributed by atoms with Crippen LogP contribution in [0.3, 0.4) is 0 Å². The lowest BCUT2D eigenvalue weighted by atomic mass is 10.3. The summed E-state index contributed by atoms with van der Waals surface area (Å²) in [5.41, 5.74) is 0.0140. The number of methoxy groups -OCH3 is 1. The van der Waals surface area contributed by atoms with Gasteiger partial charge in [0.2, 0.25) is 5.88 Å². The van der Waals surface area contributed by atoms with Crippen LogP contribution in [0.4, 0.5) is 8.78 Å². The average Bonchev–Trinajstić information content (AvgIpc) is 2.43. The molecule has 7 heteroatoms. The molecule has 0 aliphatic carbocycles. The molecule has 0 spiro atoms. The Labute approximate surface area is 106 Å². The van der Waals surface area contributed by atoms with Crippen molar-refractivity contribution in [2.75, 3.05) is 7.11 Å². The number of esters is 1. The maximum Gasteiger partial charge on any atom is 0.358 e. The van der Waals surface area contributed by atoms with E-state index in [1.165, 1.54) is 19.4 Å². The van der Waals surface area contributed by atoms with Crippen LogP contribution in [0.2, 0.25) is 0 Å². The van der Waals surface area contributed by atoms with Gasteiger partial charge in [-0.1, -0.05) is 0 Å². The molecule has 1 aromatic heterocycles. The molecule has 0 N–H and O–H groups in total. The Balaban J connectivity index is 2.15. The van der Waals surface area contributed by atoms with Gasteiger partial charge in [0, 0.05) is 6.07 Å². The van der Waals surface area contributed by atoms with Crippen molar-refractivity contribution in [2.45, 2.75) is 0 Å². The minimum Gasteiger partial charge on any atom is -0.464 e.